The third-order valence-electron chi connectivity index (χ3n) is 3.02. The van der Waals surface area contributed by atoms with E-state index in [1.807, 2.05) is 0 Å². The van der Waals surface area contributed by atoms with Gasteiger partial charge in [-0.3, -0.25) is 9.59 Å². The number of carbonyl (C=O) groups is 3. The molecule has 1 aromatic heterocycles. The Labute approximate surface area is 140 Å². The second-order valence-corrected chi connectivity index (χ2v) is 5.58. The van der Waals surface area contributed by atoms with Crippen molar-refractivity contribution in [2.75, 3.05) is 11.9 Å². The van der Waals surface area contributed by atoms with Gasteiger partial charge in [-0.2, -0.15) is 0 Å². The van der Waals surface area contributed by atoms with E-state index >= 15 is 0 Å². The van der Waals surface area contributed by atoms with Crippen LogP contribution in [-0.2, 0) is 14.3 Å². The van der Waals surface area contributed by atoms with Gasteiger partial charge in [0.05, 0.1) is 6.61 Å². The topological polar surface area (TPSA) is 92.7 Å². The molecule has 0 radical (unpaired) electrons. The summed E-state index contributed by atoms with van der Waals surface area (Å²) >= 11 is 1.01. The number of carboxylic acids is 1. The first-order valence-corrected chi connectivity index (χ1v) is 7.86. The maximum absolute atomic E-state index is 13.0. The SMILES string of the molecule is CCOC(=O)CC(=O)Nc1scc(-c2ccc(F)cc2)c1C(=O)O. The van der Waals surface area contributed by atoms with Gasteiger partial charge in [-0.1, -0.05) is 12.1 Å². The van der Waals surface area contributed by atoms with Crippen LogP contribution in [0.5, 0.6) is 0 Å². The van der Waals surface area contributed by atoms with Crippen molar-refractivity contribution >= 4 is 34.2 Å². The molecule has 2 rings (SSSR count). The van der Waals surface area contributed by atoms with E-state index in [0.717, 1.165) is 11.3 Å². The zero-order valence-corrected chi connectivity index (χ0v) is 13.5. The van der Waals surface area contributed by atoms with Crippen molar-refractivity contribution in [3.63, 3.8) is 0 Å². The van der Waals surface area contributed by atoms with Gasteiger partial charge in [0.1, 0.15) is 22.8 Å². The Morgan fingerprint density at radius 2 is 1.92 bits per heavy atom. The number of rotatable bonds is 6. The lowest BCUT2D eigenvalue weighted by molar-refractivity contribution is -0.145. The predicted molar refractivity (Wildman–Crippen MR) is 86.6 cm³/mol. The van der Waals surface area contributed by atoms with Crippen molar-refractivity contribution in [3.05, 3.63) is 41.0 Å². The van der Waals surface area contributed by atoms with Gasteiger partial charge in [0, 0.05) is 10.9 Å². The van der Waals surface area contributed by atoms with Crippen LogP contribution in [0.2, 0.25) is 0 Å². The first-order valence-electron chi connectivity index (χ1n) is 6.98. The number of amides is 1. The lowest BCUT2D eigenvalue weighted by Crippen LogP contribution is -2.18. The Bertz CT molecular complexity index is 769. The molecule has 0 unspecified atom stereocenters. The average molecular weight is 351 g/mol. The summed E-state index contributed by atoms with van der Waals surface area (Å²) in [7, 11) is 0. The highest BCUT2D eigenvalue weighted by atomic mass is 32.1. The van der Waals surface area contributed by atoms with Gasteiger partial charge >= 0.3 is 11.9 Å². The number of carboxylic acid groups (broad SMARTS) is 1. The number of ether oxygens (including phenoxy) is 1. The van der Waals surface area contributed by atoms with Crippen molar-refractivity contribution in [3.8, 4) is 11.1 Å². The van der Waals surface area contributed by atoms with E-state index in [2.05, 4.69) is 10.1 Å². The minimum atomic E-state index is -1.23. The smallest absolute Gasteiger partial charge is 0.339 e. The molecule has 24 heavy (non-hydrogen) atoms. The van der Waals surface area contributed by atoms with Gasteiger partial charge in [0.15, 0.2) is 0 Å². The molecule has 0 aliphatic carbocycles. The summed E-state index contributed by atoms with van der Waals surface area (Å²) in [6, 6.07) is 5.34. The molecule has 0 spiro atoms. The fraction of sp³-hybridized carbons (Fsp3) is 0.188. The van der Waals surface area contributed by atoms with Gasteiger partial charge in [-0.15, -0.1) is 11.3 Å². The minimum Gasteiger partial charge on any atom is -0.478 e. The monoisotopic (exact) mass is 351 g/mol. The standard InChI is InChI=1S/C16H14FNO5S/c1-2-23-13(20)7-12(19)18-15-14(16(21)22)11(8-24-15)9-3-5-10(17)6-4-9/h3-6,8H,2,7H2,1H3,(H,18,19)(H,21,22). The van der Waals surface area contributed by atoms with Crippen molar-refractivity contribution in [2.45, 2.75) is 13.3 Å². The summed E-state index contributed by atoms with van der Waals surface area (Å²) in [6.07, 6.45) is -0.503. The van der Waals surface area contributed by atoms with Gasteiger partial charge in [-0.05, 0) is 24.6 Å². The lowest BCUT2D eigenvalue weighted by Gasteiger charge is -2.06. The summed E-state index contributed by atoms with van der Waals surface area (Å²) in [5.41, 5.74) is 0.763. The van der Waals surface area contributed by atoms with E-state index in [0.29, 0.717) is 11.1 Å². The first-order chi connectivity index (χ1) is 11.4. The number of aromatic carboxylic acids is 1. The number of benzene rings is 1. The lowest BCUT2D eigenvalue weighted by atomic mass is 10.0. The van der Waals surface area contributed by atoms with Crippen molar-refractivity contribution in [2.24, 2.45) is 0 Å². The Hall–Kier alpha value is -2.74. The van der Waals surface area contributed by atoms with Gasteiger partial charge in [0.25, 0.3) is 0 Å². The molecule has 0 atom stereocenters. The van der Waals surface area contributed by atoms with E-state index in [4.69, 9.17) is 0 Å². The van der Waals surface area contributed by atoms with Gasteiger partial charge < -0.3 is 15.2 Å². The van der Waals surface area contributed by atoms with Gasteiger partial charge in [-0.25, -0.2) is 9.18 Å². The van der Waals surface area contributed by atoms with Crippen LogP contribution < -0.4 is 5.32 Å². The van der Waals surface area contributed by atoms with Gasteiger partial charge in [0.2, 0.25) is 5.91 Å². The van der Waals surface area contributed by atoms with Crippen LogP contribution in [0, 0.1) is 5.82 Å². The van der Waals surface area contributed by atoms with Crippen molar-refractivity contribution in [1.29, 1.82) is 0 Å². The van der Waals surface area contributed by atoms with Crippen molar-refractivity contribution in [1.82, 2.24) is 0 Å². The summed E-state index contributed by atoms with van der Waals surface area (Å²) in [5, 5.41) is 13.5. The maximum Gasteiger partial charge on any atom is 0.339 e. The molecule has 0 saturated heterocycles. The molecule has 1 amide bonds. The molecule has 8 heteroatoms. The fourth-order valence-corrected chi connectivity index (χ4v) is 3.00. The highest BCUT2D eigenvalue weighted by Crippen LogP contribution is 2.35. The van der Waals surface area contributed by atoms with Crippen molar-refractivity contribution < 1.29 is 28.6 Å². The highest BCUT2D eigenvalue weighted by molar-refractivity contribution is 7.15. The third-order valence-corrected chi connectivity index (χ3v) is 3.92. The van der Waals surface area contributed by atoms with E-state index in [1.165, 1.54) is 24.3 Å². The summed E-state index contributed by atoms with van der Waals surface area (Å²) in [5.74, 6) is -3.03. The molecule has 2 N–H and O–H groups in total. The molecule has 126 valence electrons. The summed E-state index contributed by atoms with van der Waals surface area (Å²) < 4.78 is 17.7. The van der Waals surface area contributed by atoms with Crippen LogP contribution in [0.15, 0.2) is 29.6 Å². The van der Waals surface area contributed by atoms with Crippen LogP contribution in [0.1, 0.15) is 23.7 Å². The number of anilines is 1. The number of thiophene rings is 1. The number of hydrogen-bond acceptors (Lipinski definition) is 5. The number of esters is 1. The van der Waals surface area contributed by atoms with Crippen LogP contribution >= 0.6 is 11.3 Å². The molecule has 0 saturated carbocycles. The minimum absolute atomic E-state index is 0.108. The molecule has 1 heterocycles. The Kier molecular flexibility index (Phi) is 5.64. The largest absolute Gasteiger partial charge is 0.478 e. The Balaban J connectivity index is 2.25. The third kappa shape index (κ3) is 4.17. The molecule has 0 fully saturated rings. The molecule has 1 aromatic carbocycles. The first kappa shape index (κ1) is 17.6. The van der Waals surface area contributed by atoms with Crippen LogP contribution in [0.3, 0.4) is 0 Å². The number of nitrogens with one attached hydrogen (secondary N) is 1. The summed E-state index contributed by atoms with van der Waals surface area (Å²) in [6.45, 7) is 1.77. The molecular weight excluding hydrogens is 337 g/mol. The van der Waals surface area contributed by atoms with Crippen LogP contribution in [-0.4, -0.2) is 29.6 Å². The molecular formula is C16H14FNO5S. The van der Waals surface area contributed by atoms with E-state index < -0.39 is 30.1 Å². The summed E-state index contributed by atoms with van der Waals surface area (Å²) in [4.78, 5) is 34.6. The quantitative estimate of drug-likeness (QED) is 0.616. The molecule has 2 aromatic rings. The number of carbonyl (C=O) groups excluding carboxylic acids is 2. The maximum atomic E-state index is 13.0. The second-order valence-electron chi connectivity index (χ2n) is 4.70. The molecule has 0 bridgehead atoms. The Morgan fingerprint density at radius 1 is 1.25 bits per heavy atom. The van der Waals surface area contributed by atoms with E-state index in [9.17, 15) is 23.9 Å². The zero-order chi connectivity index (χ0) is 17.7. The predicted octanol–water partition coefficient (Wildman–Crippen LogP) is 3.14. The van der Waals surface area contributed by atoms with Crippen LogP contribution in [0.25, 0.3) is 11.1 Å². The Morgan fingerprint density at radius 3 is 2.50 bits per heavy atom. The fourth-order valence-electron chi connectivity index (χ4n) is 2.02. The average Bonchev–Trinajstić information content (AvgIpc) is 2.91. The van der Waals surface area contributed by atoms with Crippen LogP contribution in [0.4, 0.5) is 9.39 Å². The molecule has 0 aliphatic rings. The van der Waals surface area contributed by atoms with E-state index in [1.54, 1.807) is 12.3 Å². The molecule has 0 aliphatic heterocycles. The molecule has 6 nitrogen and oxygen atoms in total. The number of hydrogen-bond donors (Lipinski definition) is 2. The normalized spacial score (nSPS) is 10.2. The number of halogens is 1. The zero-order valence-electron chi connectivity index (χ0n) is 12.7. The van der Waals surface area contributed by atoms with E-state index in [-0.39, 0.29) is 17.2 Å². The second kappa shape index (κ2) is 7.69. The highest BCUT2D eigenvalue weighted by Gasteiger charge is 2.22.